The molecule has 5 heteroatoms. The fourth-order valence-electron chi connectivity index (χ4n) is 1.60. The molecule has 1 aliphatic rings. The van der Waals surface area contributed by atoms with Gasteiger partial charge >= 0.3 is 0 Å². The van der Waals surface area contributed by atoms with E-state index in [4.69, 9.17) is 5.73 Å². The van der Waals surface area contributed by atoms with Crippen LogP contribution in [0.4, 0.5) is 0 Å². The van der Waals surface area contributed by atoms with Crippen LogP contribution < -0.4 is 11.1 Å². The van der Waals surface area contributed by atoms with Crippen LogP contribution in [0.25, 0.3) is 0 Å². The summed E-state index contributed by atoms with van der Waals surface area (Å²) in [4.78, 5) is 25.2. The molecule has 0 aromatic heterocycles. The first-order valence-electron chi connectivity index (χ1n) is 5.06. The van der Waals surface area contributed by atoms with Crippen LogP contribution in [-0.2, 0) is 9.59 Å². The van der Waals surface area contributed by atoms with E-state index in [1.807, 2.05) is 0 Å². The van der Waals surface area contributed by atoms with Crippen LogP contribution in [0.2, 0.25) is 0 Å². The van der Waals surface area contributed by atoms with Gasteiger partial charge in [-0.25, -0.2) is 0 Å². The Labute approximate surface area is 90.0 Å². The number of amides is 2. The normalized spacial score (nSPS) is 21.1. The number of carbonyl (C=O) groups excluding carboxylic acids is 2. The molecule has 5 nitrogen and oxygen atoms in total. The number of nitrogens with two attached hydrogens (primary N) is 1. The molecule has 1 rings (SSSR count). The van der Waals surface area contributed by atoms with Crippen molar-refractivity contribution < 1.29 is 9.59 Å². The maximum Gasteiger partial charge on any atom is 0.245 e. The standard InChI is InChI=1S/C10H19N3O2/c1-9(2,11)8(15)13-6-5-12-7(14)10(13,3)4/h5-6,11H2,1-4H3,(H,12,14). The van der Waals surface area contributed by atoms with E-state index in [9.17, 15) is 9.59 Å². The number of carbonyl (C=O) groups is 2. The summed E-state index contributed by atoms with van der Waals surface area (Å²) in [7, 11) is 0. The Kier molecular flexibility index (Phi) is 2.78. The van der Waals surface area contributed by atoms with Crippen molar-refractivity contribution in [2.24, 2.45) is 5.73 Å². The molecular formula is C10H19N3O2. The fourth-order valence-corrected chi connectivity index (χ4v) is 1.60. The number of rotatable bonds is 1. The summed E-state index contributed by atoms with van der Waals surface area (Å²) in [6.07, 6.45) is 0. The second kappa shape index (κ2) is 3.48. The van der Waals surface area contributed by atoms with Gasteiger partial charge in [-0.3, -0.25) is 9.59 Å². The summed E-state index contributed by atoms with van der Waals surface area (Å²) in [5.74, 6) is -0.325. The summed E-state index contributed by atoms with van der Waals surface area (Å²) >= 11 is 0. The molecule has 0 radical (unpaired) electrons. The zero-order chi connectivity index (χ0) is 11.9. The molecule has 1 fully saturated rings. The van der Waals surface area contributed by atoms with Crippen LogP contribution in [0.5, 0.6) is 0 Å². The topological polar surface area (TPSA) is 75.4 Å². The third-order valence-electron chi connectivity index (χ3n) is 2.65. The lowest BCUT2D eigenvalue weighted by molar-refractivity contribution is -0.152. The molecule has 0 unspecified atom stereocenters. The van der Waals surface area contributed by atoms with Crippen LogP contribution in [0.3, 0.4) is 0 Å². The van der Waals surface area contributed by atoms with Crippen molar-refractivity contribution in [3.8, 4) is 0 Å². The number of hydrogen-bond acceptors (Lipinski definition) is 3. The first kappa shape index (κ1) is 12.0. The van der Waals surface area contributed by atoms with Crippen LogP contribution in [0.1, 0.15) is 27.7 Å². The molecule has 0 atom stereocenters. The van der Waals surface area contributed by atoms with E-state index in [0.29, 0.717) is 13.1 Å². The van der Waals surface area contributed by atoms with E-state index in [-0.39, 0.29) is 11.8 Å². The highest BCUT2D eigenvalue weighted by molar-refractivity contribution is 5.94. The summed E-state index contributed by atoms with van der Waals surface area (Å²) in [5, 5.41) is 2.73. The average Bonchev–Trinajstić information content (AvgIpc) is 2.07. The molecule has 0 saturated carbocycles. The Balaban J connectivity index is 2.95. The number of piperazine rings is 1. The monoisotopic (exact) mass is 213 g/mol. The minimum absolute atomic E-state index is 0.133. The van der Waals surface area contributed by atoms with Crippen molar-refractivity contribution in [3.63, 3.8) is 0 Å². The maximum atomic E-state index is 12.0. The third kappa shape index (κ3) is 2.12. The summed E-state index contributed by atoms with van der Waals surface area (Å²) in [5.41, 5.74) is 4.00. The lowest BCUT2D eigenvalue weighted by Gasteiger charge is -2.43. The molecule has 0 aromatic rings. The molecule has 3 N–H and O–H groups in total. The average molecular weight is 213 g/mol. The zero-order valence-electron chi connectivity index (χ0n) is 9.76. The molecule has 2 amide bonds. The lowest BCUT2D eigenvalue weighted by Crippen LogP contribution is -2.67. The lowest BCUT2D eigenvalue weighted by atomic mass is 9.94. The van der Waals surface area contributed by atoms with E-state index in [2.05, 4.69) is 5.32 Å². The summed E-state index contributed by atoms with van der Waals surface area (Å²) in [6, 6.07) is 0. The highest BCUT2D eigenvalue weighted by Crippen LogP contribution is 2.20. The van der Waals surface area contributed by atoms with Crippen molar-refractivity contribution in [1.82, 2.24) is 10.2 Å². The molecule has 0 aliphatic carbocycles. The second-order valence-electron chi connectivity index (χ2n) is 4.99. The predicted octanol–water partition coefficient (Wildman–Crippen LogP) is -0.539. The van der Waals surface area contributed by atoms with Gasteiger partial charge in [-0.1, -0.05) is 0 Å². The highest BCUT2D eigenvalue weighted by Gasteiger charge is 2.43. The quantitative estimate of drug-likeness (QED) is 0.614. The molecule has 0 bridgehead atoms. The molecule has 86 valence electrons. The van der Waals surface area contributed by atoms with Crippen molar-refractivity contribution in [2.75, 3.05) is 13.1 Å². The van der Waals surface area contributed by atoms with Crippen molar-refractivity contribution >= 4 is 11.8 Å². The molecule has 1 aliphatic heterocycles. The van der Waals surface area contributed by atoms with Crippen LogP contribution in [-0.4, -0.2) is 40.9 Å². The van der Waals surface area contributed by atoms with E-state index in [0.717, 1.165) is 0 Å². The zero-order valence-corrected chi connectivity index (χ0v) is 9.76. The van der Waals surface area contributed by atoms with Crippen LogP contribution in [0, 0.1) is 0 Å². The Hall–Kier alpha value is -1.10. The maximum absolute atomic E-state index is 12.0. The third-order valence-corrected chi connectivity index (χ3v) is 2.65. The van der Waals surface area contributed by atoms with Gasteiger partial charge in [0.2, 0.25) is 11.8 Å². The van der Waals surface area contributed by atoms with E-state index < -0.39 is 11.1 Å². The van der Waals surface area contributed by atoms with Gasteiger partial charge in [0.05, 0.1) is 5.54 Å². The van der Waals surface area contributed by atoms with Crippen molar-refractivity contribution in [1.29, 1.82) is 0 Å². The van der Waals surface area contributed by atoms with Crippen LogP contribution in [0.15, 0.2) is 0 Å². The smallest absolute Gasteiger partial charge is 0.245 e. The van der Waals surface area contributed by atoms with Gasteiger partial charge in [0, 0.05) is 13.1 Å². The fraction of sp³-hybridized carbons (Fsp3) is 0.800. The first-order valence-corrected chi connectivity index (χ1v) is 5.06. The van der Waals surface area contributed by atoms with Gasteiger partial charge in [0.15, 0.2) is 0 Å². The van der Waals surface area contributed by atoms with Crippen molar-refractivity contribution in [2.45, 2.75) is 38.8 Å². The van der Waals surface area contributed by atoms with Gasteiger partial charge in [-0.2, -0.15) is 0 Å². The SMILES string of the molecule is CC(C)(N)C(=O)N1CCNC(=O)C1(C)C. The number of nitrogens with one attached hydrogen (secondary N) is 1. The Bertz CT molecular complexity index is 292. The van der Waals surface area contributed by atoms with Crippen molar-refractivity contribution in [3.05, 3.63) is 0 Å². The molecular weight excluding hydrogens is 194 g/mol. The molecule has 1 heterocycles. The summed E-state index contributed by atoms with van der Waals surface area (Å²) < 4.78 is 0. The van der Waals surface area contributed by atoms with Gasteiger partial charge in [0.1, 0.15) is 5.54 Å². The number of hydrogen-bond donors (Lipinski definition) is 2. The largest absolute Gasteiger partial charge is 0.352 e. The Morgan fingerprint density at radius 2 is 2.07 bits per heavy atom. The first-order chi connectivity index (χ1) is 6.67. The minimum Gasteiger partial charge on any atom is -0.352 e. The van der Waals surface area contributed by atoms with Gasteiger partial charge < -0.3 is 16.0 Å². The summed E-state index contributed by atoms with van der Waals surface area (Å²) in [6.45, 7) is 7.76. The molecule has 15 heavy (non-hydrogen) atoms. The number of nitrogens with zero attached hydrogens (tertiary/aromatic N) is 1. The van der Waals surface area contributed by atoms with E-state index in [1.165, 1.54) is 0 Å². The minimum atomic E-state index is -0.936. The Morgan fingerprint density at radius 1 is 1.53 bits per heavy atom. The van der Waals surface area contributed by atoms with Gasteiger partial charge in [-0.05, 0) is 27.7 Å². The predicted molar refractivity (Wildman–Crippen MR) is 57.1 cm³/mol. The Morgan fingerprint density at radius 3 is 2.53 bits per heavy atom. The molecule has 0 spiro atoms. The van der Waals surface area contributed by atoms with E-state index in [1.54, 1.807) is 32.6 Å². The van der Waals surface area contributed by atoms with Crippen LogP contribution >= 0.6 is 0 Å². The highest BCUT2D eigenvalue weighted by atomic mass is 16.2. The molecule has 0 aromatic carbocycles. The molecule has 1 saturated heterocycles. The van der Waals surface area contributed by atoms with Gasteiger partial charge in [-0.15, -0.1) is 0 Å². The second-order valence-corrected chi connectivity index (χ2v) is 4.99. The van der Waals surface area contributed by atoms with E-state index >= 15 is 0 Å². The van der Waals surface area contributed by atoms with Gasteiger partial charge in [0.25, 0.3) is 0 Å².